The molecule has 0 saturated heterocycles. The summed E-state index contributed by atoms with van der Waals surface area (Å²) in [4.78, 5) is 35.9. The Kier molecular flexibility index (Phi) is 3.11. The Morgan fingerprint density at radius 1 is 1.42 bits per heavy atom. The van der Waals surface area contributed by atoms with Crippen molar-refractivity contribution in [3.05, 3.63) is 34.2 Å². The Balaban J connectivity index is 2.85. The second kappa shape index (κ2) is 4.47. The molecule has 0 aromatic carbocycles. The molecule has 2 rings (SSSR count). The minimum Gasteiger partial charge on any atom is -0.465 e. The third kappa shape index (κ3) is 1.72. The number of rotatable bonds is 2. The molecule has 100 valence electrons. The number of carbonyl (C=O) groups is 3. The number of esters is 1. The molecule has 0 unspecified atom stereocenters. The van der Waals surface area contributed by atoms with E-state index < -0.39 is 18.4 Å². The molecular weight excluding hydrogens is 250 g/mol. The van der Waals surface area contributed by atoms with Crippen molar-refractivity contribution in [1.82, 2.24) is 4.57 Å². The summed E-state index contributed by atoms with van der Waals surface area (Å²) in [5.74, 6) is -1.50. The fourth-order valence-corrected chi connectivity index (χ4v) is 2.28. The number of hydrogen-bond donors (Lipinski definition) is 1. The maximum absolute atomic E-state index is 12.2. The van der Waals surface area contributed by atoms with Crippen LogP contribution in [0.3, 0.4) is 0 Å². The standard InChI is InChI=1S/C13H13NO5/c1-6-4-8(16)11-10(12(6)17)9(13(18)19-3)7(5-15)14(11)2/h4,15H,5H2,1-3H3. The van der Waals surface area contributed by atoms with Gasteiger partial charge in [-0.1, -0.05) is 0 Å². The molecule has 19 heavy (non-hydrogen) atoms. The Bertz CT molecular complexity index is 636. The quantitative estimate of drug-likeness (QED) is 0.791. The summed E-state index contributed by atoms with van der Waals surface area (Å²) < 4.78 is 6.00. The summed E-state index contributed by atoms with van der Waals surface area (Å²) in [6.07, 6.45) is 1.23. The number of Topliss-reactive ketones (excluding diaryl/α,β-unsaturated/α-hetero) is 1. The van der Waals surface area contributed by atoms with E-state index in [1.54, 1.807) is 0 Å². The van der Waals surface area contributed by atoms with E-state index >= 15 is 0 Å². The van der Waals surface area contributed by atoms with Gasteiger partial charge >= 0.3 is 5.97 Å². The Morgan fingerprint density at radius 2 is 2.05 bits per heavy atom. The maximum Gasteiger partial charge on any atom is 0.340 e. The number of allylic oxidation sites excluding steroid dienone is 2. The number of carbonyl (C=O) groups excluding carboxylic acids is 3. The van der Waals surface area contributed by atoms with Gasteiger partial charge in [0.2, 0.25) is 5.78 Å². The van der Waals surface area contributed by atoms with Gasteiger partial charge < -0.3 is 14.4 Å². The second-order valence-corrected chi connectivity index (χ2v) is 4.27. The second-order valence-electron chi connectivity index (χ2n) is 4.27. The van der Waals surface area contributed by atoms with Crippen molar-refractivity contribution in [3.63, 3.8) is 0 Å². The van der Waals surface area contributed by atoms with Crippen LogP contribution in [-0.4, -0.2) is 34.3 Å². The number of aliphatic hydroxyl groups is 1. The first kappa shape index (κ1) is 13.2. The van der Waals surface area contributed by atoms with Crippen LogP contribution in [0.4, 0.5) is 0 Å². The number of hydrogen-bond acceptors (Lipinski definition) is 5. The van der Waals surface area contributed by atoms with E-state index in [0.717, 1.165) is 0 Å². The number of aromatic nitrogens is 1. The van der Waals surface area contributed by atoms with Crippen LogP contribution in [0, 0.1) is 0 Å². The highest BCUT2D eigenvalue weighted by atomic mass is 16.5. The lowest BCUT2D eigenvalue weighted by Gasteiger charge is -2.10. The van der Waals surface area contributed by atoms with Gasteiger partial charge in [-0.2, -0.15) is 0 Å². The molecule has 0 atom stereocenters. The van der Waals surface area contributed by atoms with E-state index in [9.17, 15) is 19.5 Å². The predicted octanol–water partition coefficient (Wildman–Crippen LogP) is 0.629. The third-order valence-corrected chi connectivity index (χ3v) is 3.22. The number of ketones is 2. The van der Waals surface area contributed by atoms with E-state index in [1.165, 1.54) is 31.7 Å². The van der Waals surface area contributed by atoms with Crippen LogP contribution in [0.25, 0.3) is 0 Å². The van der Waals surface area contributed by atoms with Gasteiger partial charge in [0.05, 0.1) is 30.5 Å². The van der Waals surface area contributed by atoms with Crippen LogP contribution in [-0.2, 0) is 18.4 Å². The first-order valence-electron chi connectivity index (χ1n) is 5.62. The fraction of sp³-hybridized carbons (Fsp3) is 0.308. The fourth-order valence-electron chi connectivity index (χ4n) is 2.28. The van der Waals surface area contributed by atoms with E-state index in [1.807, 2.05) is 0 Å². The number of ether oxygens (including phenoxy) is 1. The highest BCUT2D eigenvalue weighted by molar-refractivity contribution is 6.27. The van der Waals surface area contributed by atoms with Gasteiger partial charge in [-0.3, -0.25) is 9.59 Å². The minimum absolute atomic E-state index is 0.0170. The molecule has 6 nitrogen and oxygen atoms in total. The molecule has 1 aliphatic rings. The summed E-state index contributed by atoms with van der Waals surface area (Å²) >= 11 is 0. The summed E-state index contributed by atoms with van der Waals surface area (Å²) in [6.45, 7) is 1.05. The SMILES string of the molecule is COC(=O)c1c2c(n(C)c1CO)C(=O)C=C(C)C2=O. The van der Waals surface area contributed by atoms with E-state index in [0.29, 0.717) is 0 Å². The van der Waals surface area contributed by atoms with Gasteiger partial charge in [0, 0.05) is 12.6 Å². The monoisotopic (exact) mass is 263 g/mol. The lowest BCUT2D eigenvalue weighted by molar-refractivity contribution is 0.0593. The first-order valence-corrected chi connectivity index (χ1v) is 5.62. The minimum atomic E-state index is -0.739. The molecule has 0 radical (unpaired) electrons. The molecule has 0 saturated carbocycles. The number of fused-ring (bicyclic) bond motifs is 1. The van der Waals surface area contributed by atoms with Crippen LogP contribution in [0.1, 0.15) is 43.8 Å². The summed E-state index contributed by atoms with van der Waals surface area (Å²) in [6, 6.07) is 0. The average Bonchev–Trinajstić information content (AvgIpc) is 2.68. The molecule has 6 heteroatoms. The topological polar surface area (TPSA) is 85.6 Å². The van der Waals surface area contributed by atoms with Crippen LogP contribution in [0.15, 0.2) is 11.6 Å². The van der Waals surface area contributed by atoms with Crippen molar-refractivity contribution in [1.29, 1.82) is 0 Å². The number of aliphatic hydroxyl groups excluding tert-OH is 1. The number of nitrogens with zero attached hydrogens (tertiary/aromatic N) is 1. The van der Waals surface area contributed by atoms with Gasteiger partial charge in [0.25, 0.3) is 0 Å². The highest BCUT2D eigenvalue weighted by Crippen LogP contribution is 2.29. The smallest absolute Gasteiger partial charge is 0.340 e. The Hall–Kier alpha value is -2.21. The van der Waals surface area contributed by atoms with Crippen molar-refractivity contribution >= 4 is 17.5 Å². The van der Waals surface area contributed by atoms with Crippen LogP contribution < -0.4 is 0 Å². The number of methoxy groups -OCH3 is 1. The van der Waals surface area contributed by atoms with Crippen molar-refractivity contribution < 1.29 is 24.2 Å². The van der Waals surface area contributed by atoms with E-state index in [-0.39, 0.29) is 33.9 Å². The Labute approximate surface area is 109 Å². The van der Waals surface area contributed by atoms with Crippen LogP contribution in [0.2, 0.25) is 0 Å². The average molecular weight is 263 g/mol. The van der Waals surface area contributed by atoms with Crippen LogP contribution >= 0.6 is 0 Å². The summed E-state index contributed by atoms with van der Waals surface area (Å²) in [7, 11) is 2.71. The molecule has 0 spiro atoms. The lowest BCUT2D eigenvalue weighted by Crippen LogP contribution is -2.19. The van der Waals surface area contributed by atoms with Gasteiger partial charge in [-0.25, -0.2) is 4.79 Å². The Morgan fingerprint density at radius 3 is 2.58 bits per heavy atom. The largest absolute Gasteiger partial charge is 0.465 e. The molecule has 1 aromatic heterocycles. The zero-order chi connectivity index (χ0) is 14.3. The normalized spacial score (nSPS) is 14.2. The molecule has 1 aliphatic carbocycles. The zero-order valence-electron chi connectivity index (χ0n) is 10.8. The van der Waals surface area contributed by atoms with Gasteiger partial charge in [-0.15, -0.1) is 0 Å². The van der Waals surface area contributed by atoms with Crippen molar-refractivity contribution in [2.75, 3.05) is 7.11 Å². The first-order chi connectivity index (χ1) is 8.93. The van der Waals surface area contributed by atoms with Gasteiger partial charge in [0.1, 0.15) is 5.69 Å². The maximum atomic E-state index is 12.2. The van der Waals surface area contributed by atoms with Crippen LogP contribution in [0.5, 0.6) is 0 Å². The van der Waals surface area contributed by atoms with Crippen molar-refractivity contribution in [2.24, 2.45) is 7.05 Å². The van der Waals surface area contributed by atoms with E-state index in [2.05, 4.69) is 4.74 Å². The summed E-state index contributed by atoms with van der Waals surface area (Å²) in [5.41, 5.74) is 0.552. The molecule has 0 amide bonds. The summed E-state index contributed by atoms with van der Waals surface area (Å²) in [5, 5.41) is 9.36. The van der Waals surface area contributed by atoms with Crippen molar-refractivity contribution in [2.45, 2.75) is 13.5 Å². The van der Waals surface area contributed by atoms with Gasteiger partial charge in [-0.05, 0) is 13.0 Å². The van der Waals surface area contributed by atoms with Gasteiger partial charge in [0.15, 0.2) is 5.78 Å². The van der Waals surface area contributed by atoms with E-state index in [4.69, 9.17) is 0 Å². The van der Waals surface area contributed by atoms with Crippen molar-refractivity contribution in [3.8, 4) is 0 Å². The molecule has 0 bridgehead atoms. The molecule has 0 fully saturated rings. The third-order valence-electron chi connectivity index (χ3n) is 3.22. The molecular formula is C13H13NO5. The molecule has 0 aliphatic heterocycles. The zero-order valence-corrected chi connectivity index (χ0v) is 10.8. The highest BCUT2D eigenvalue weighted by Gasteiger charge is 2.35. The molecule has 1 N–H and O–H groups in total. The molecule has 1 aromatic rings. The predicted molar refractivity (Wildman–Crippen MR) is 65.1 cm³/mol. The lowest BCUT2D eigenvalue weighted by atomic mass is 9.92. The molecule has 1 heterocycles.